The van der Waals surface area contributed by atoms with Gasteiger partial charge in [0.1, 0.15) is 5.82 Å². The molecule has 0 spiro atoms. The van der Waals surface area contributed by atoms with E-state index in [4.69, 9.17) is 0 Å². The summed E-state index contributed by atoms with van der Waals surface area (Å²) in [5.41, 5.74) is 2.95. The average molecular weight is 297 g/mol. The second-order valence-electron chi connectivity index (χ2n) is 5.27. The lowest BCUT2D eigenvalue weighted by molar-refractivity contribution is -0.121. The molecule has 3 aromatic rings. The maximum absolute atomic E-state index is 11.8. The third kappa shape index (κ3) is 3.52. The number of H-pyrrole nitrogens is 1. The van der Waals surface area contributed by atoms with Crippen LogP contribution in [0.5, 0.6) is 0 Å². The molecule has 2 aromatic heterocycles. The Labute approximate surface area is 128 Å². The van der Waals surface area contributed by atoms with Crippen molar-refractivity contribution in [1.29, 1.82) is 0 Å². The van der Waals surface area contributed by atoms with Gasteiger partial charge in [-0.15, -0.1) is 0 Å². The van der Waals surface area contributed by atoms with Gasteiger partial charge in [-0.25, -0.2) is 4.98 Å². The second kappa shape index (κ2) is 6.43. The number of hydrogen-bond acceptors (Lipinski definition) is 3. The van der Waals surface area contributed by atoms with Crippen LogP contribution in [0.2, 0.25) is 0 Å². The van der Waals surface area contributed by atoms with E-state index < -0.39 is 0 Å². The highest BCUT2D eigenvalue weighted by Crippen LogP contribution is 2.10. The minimum absolute atomic E-state index is 0.0317. The highest BCUT2D eigenvalue weighted by Gasteiger charge is 2.05. The van der Waals surface area contributed by atoms with Crippen molar-refractivity contribution in [3.05, 3.63) is 48.0 Å². The summed E-state index contributed by atoms with van der Waals surface area (Å²) in [6, 6.07) is 9.84. The summed E-state index contributed by atoms with van der Waals surface area (Å²) >= 11 is 0. The molecule has 1 aromatic carbocycles. The Morgan fingerprint density at radius 2 is 2.18 bits per heavy atom. The Bertz CT molecular complexity index is 741. The van der Waals surface area contributed by atoms with Crippen LogP contribution in [0.4, 0.5) is 0 Å². The zero-order chi connectivity index (χ0) is 15.4. The van der Waals surface area contributed by atoms with Gasteiger partial charge >= 0.3 is 0 Å². The Kier molecular flexibility index (Phi) is 4.18. The number of para-hydroxylation sites is 2. The first kappa shape index (κ1) is 14.3. The molecule has 0 saturated heterocycles. The molecule has 6 heteroatoms. The monoisotopic (exact) mass is 297 g/mol. The number of carbonyl (C=O) groups is 1. The number of aryl methyl sites for hydroxylation is 2. The van der Waals surface area contributed by atoms with E-state index in [1.165, 1.54) is 0 Å². The van der Waals surface area contributed by atoms with E-state index in [9.17, 15) is 4.79 Å². The molecule has 0 saturated carbocycles. The third-order valence-electron chi connectivity index (χ3n) is 3.46. The lowest BCUT2D eigenvalue weighted by atomic mass is 10.3. The Hall–Kier alpha value is -2.63. The summed E-state index contributed by atoms with van der Waals surface area (Å²) in [5, 5.41) is 7.17. The van der Waals surface area contributed by atoms with E-state index in [-0.39, 0.29) is 5.91 Å². The van der Waals surface area contributed by atoms with Crippen LogP contribution in [0.15, 0.2) is 36.5 Å². The highest BCUT2D eigenvalue weighted by atomic mass is 16.1. The number of aromatic amines is 1. The van der Waals surface area contributed by atoms with Gasteiger partial charge in [0, 0.05) is 32.1 Å². The lowest BCUT2D eigenvalue weighted by Gasteiger charge is -2.04. The molecule has 114 valence electrons. The number of hydrogen-bond donors (Lipinski definition) is 2. The van der Waals surface area contributed by atoms with Gasteiger partial charge < -0.3 is 10.3 Å². The fourth-order valence-corrected chi connectivity index (χ4v) is 2.34. The molecule has 0 aliphatic heterocycles. The topological polar surface area (TPSA) is 75.6 Å². The van der Waals surface area contributed by atoms with Gasteiger partial charge in [-0.1, -0.05) is 12.1 Å². The smallest absolute Gasteiger partial charge is 0.221 e. The van der Waals surface area contributed by atoms with Gasteiger partial charge in [0.25, 0.3) is 0 Å². The SMILES string of the molecule is Cc1ccn(CCC(=O)NCCc2nc3ccccc3[nH]2)n1. The maximum atomic E-state index is 11.8. The fourth-order valence-electron chi connectivity index (χ4n) is 2.34. The molecule has 0 fully saturated rings. The van der Waals surface area contributed by atoms with Crippen LogP contribution < -0.4 is 5.32 Å². The highest BCUT2D eigenvalue weighted by molar-refractivity contribution is 5.76. The number of rotatable bonds is 6. The van der Waals surface area contributed by atoms with Crippen molar-refractivity contribution in [2.45, 2.75) is 26.3 Å². The molecule has 0 atom stereocenters. The molecule has 2 heterocycles. The molecule has 0 bridgehead atoms. The largest absolute Gasteiger partial charge is 0.356 e. The van der Waals surface area contributed by atoms with Gasteiger partial charge in [-0.05, 0) is 25.1 Å². The van der Waals surface area contributed by atoms with E-state index in [1.807, 2.05) is 43.5 Å². The summed E-state index contributed by atoms with van der Waals surface area (Å²) in [6.45, 7) is 3.12. The van der Waals surface area contributed by atoms with Crippen molar-refractivity contribution < 1.29 is 4.79 Å². The molecule has 2 N–H and O–H groups in total. The predicted octanol–water partition coefficient (Wildman–Crippen LogP) is 1.82. The lowest BCUT2D eigenvalue weighted by Crippen LogP contribution is -2.26. The number of benzene rings is 1. The van der Waals surface area contributed by atoms with Crippen molar-refractivity contribution in [2.24, 2.45) is 0 Å². The van der Waals surface area contributed by atoms with E-state index in [0.29, 0.717) is 25.9 Å². The fraction of sp³-hybridized carbons (Fsp3) is 0.312. The number of carbonyl (C=O) groups excluding carboxylic acids is 1. The molecular formula is C16H19N5O. The zero-order valence-corrected chi connectivity index (χ0v) is 12.5. The molecular weight excluding hydrogens is 278 g/mol. The van der Waals surface area contributed by atoms with Crippen LogP contribution in [-0.4, -0.2) is 32.2 Å². The van der Waals surface area contributed by atoms with Crippen molar-refractivity contribution in [2.75, 3.05) is 6.54 Å². The summed E-state index contributed by atoms with van der Waals surface area (Å²) in [4.78, 5) is 19.5. The van der Waals surface area contributed by atoms with Crippen LogP contribution in [-0.2, 0) is 17.8 Å². The van der Waals surface area contributed by atoms with E-state index in [1.54, 1.807) is 4.68 Å². The Balaban J connectivity index is 1.43. The quantitative estimate of drug-likeness (QED) is 0.728. The zero-order valence-electron chi connectivity index (χ0n) is 12.5. The van der Waals surface area contributed by atoms with Gasteiger partial charge in [0.15, 0.2) is 0 Å². The van der Waals surface area contributed by atoms with Crippen molar-refractivity contribution in [3.8, 4) is 0 Å². The number of aromatic nitrogens is 4. The predicted molar refractivity (Wildman–Crippen MR) is 84.4 cm³/mol. The first-order valence-corrected chi connectivity index (χ1v) is 7.41. The molecule has 0 radical (unpaired) electrons. The summed E-state index contributed by atoms with van der Waals surface area (Å²) in [7, 11) is 0. The Morgan fingerprint density at radius 3 is 2.95 bits per heavy atom. The second-order valence-corrected chi connectivity index (χ2v) is 5.27. The van der Waals surface area contributed by atoms with Crippen LogP contribution in [0.1, 0.15) is 17.9 Å². The minimum Gasteiger partial charge on any atom is -0.356 e. The Morgan fingerprint density at radius 1 is 1.32 bits per heavy atom. The van der Waals surface area contributed by atoms with Gasteiger partial charge in [-0.3, -0.25) is 9.48 Å². The molecule has 6 nitrogen and oxygen atoms in total. The van der Waals surface area contributed by atoms with Crippen LogP contribution in [0, 0.1) is 6.92 Å². The molecule has 0 unspecified atom stereocenters. The first-order valence-electron chi connectivity index (χ1n) is 7.41. The number of fused-ring (bicyclic) bond motifs is 1. The molecule has 0 aliphatic rings. The molecule has 0 aliphatic carbocycles. The van der Waals surface area contributed by atoms with Gasteiger partial charge in [-0.2, -0.15) is 5.10 Å². The van der Waals surface area contributed by atoms with E-state index >= 15 is 0 Å². The normalized spacial score (nSPS) is 11.0. The van der Waals surface area contributed by atoms with Crippen LogP contribution in [0.3, 0.4) is 0 Å². The van der Waals surface area contributed by atoms with Crippen LogP contribution >= 0.6 is 0 Å². The van der Waals surface area contributed by atoms with E-state index in [0.717, 1.165) is 22.6 Å². The summed E-state index contributed by atoms with van der Waals surface area (Å²) in [6.07, 6.45) is 3.01. The standard InChI is InChI=1S/C16H19N5O/c1-12-7-10-21(20-12)11-8-16(22)17-9-6-15-18-13-4-2-3-5-14(13)19-15/h2-5,7,10H,6,8-9,11H2,1H3,(H,17,22)(H,18,19). The van der Waals surface area contributed by atoms with Gasteiger partial charge in [0.2, 0.25) is 5.91 Å². The first-order chi connectivity index (χ1) is 10.7. The number of nitrogens with one attached hydrogen (secondary N) is 2. The van der Waals surface area contributed by atoms with Crippen molar-refractivity contribution in [3.63, 3.8) is 0 Å². The van der Waals surface area contributed by atoms with Crippen LogP contribution in [0.25, 0.3) is 11.0 Å². The minimum atomic E-state index is 0.0317. The number of amides is 1. The van der Waals surface area contributed by atoms with Gasteiger partial charge in [0.05, 0.1) is 16.7 Å². The average Bonchev–Trinajstić information content (AvgIpc) is 3.10. The van der Waals surface area contributed by atoms with Crippen molar-refractivity contribution in [1.82, 2.24) is 25.1 Å². The molecule has 1 amide bonds. The number of nitrogens with zero attached hydrogens (tertiary/aromatic N) is 3. The third-order valence-corrected chi connectivity index (χ3v) is 3.46. The molecule has 3 rings (SSSR count). The van der Waals surface area contributed by atoms with E-state index in [2.05, 4.69) is 20.4 Å². The summed E-state index contributed by atoms with van der Waals surface area (Å²) in [5.74, 6) is 0.925. The number of imidazole rings is 1. The summed E-state index contributed by atoms with van der Waals surface area (Å²) < 4.78 is 1.79. The maximum Gasteiger partial charge on any atom is 0.221 e. The van der Waals surface area contributed by atoms with Crippen molar-refractivity contribution >= 4 is 16.9 Å². The molecule has 22 heavy (non-hydrogen) atoms.